The van der Waals surface area contributed by atoms with Crippen molar-refractivity contribution in [3.05, 3.63) is 29.6 Å². The number of hydrogen-bond acceptors (Lipinski definition) is 5. The zero-order chi connectivity index (χ0) is 25.0. The van der Waals surface area contributed by atoms with Gasteiger partial charge in [0.25, 0.3) is 0 Å². The van der Waals surface area contributed by atoms with Crippen molar-refractivity contribution in [2.24, 2.45) is 11.7 Å². The van der Waals surface area contributed by atoms with Crippen molar-refractivity contribution in [1.82, 2.24) is 5.32 Å². The number of anilines is 1. The van der Waals surface area contributed by atoms with Gasteiger partial charge in [0.05, 0.1) is 11.5 Å². The summed E-state index contributed by atoms with van der Waals surface area (Å²) in [5, 5.41) is 15.9. The van der Waals surface area contributed by atoms with Gasteiger partial charge in [-0.05, 0) is 36.0 Å². The first-order valence-corrected chi connectivity index (χ1v) is 10.9. The van der Waals surface area contributed by atoms with Gasteiger partial charge < -0.3 is 26.3 Å². The highest BCUT2D eigenvalue weighted by Crippen LogP contribution is 2.40. The Balaban J connectivity index is 2.30. The van der Waals surface area contributed by atoms with Crippen molar-refractivity contribution in [2.45, 2.75) is 75.9 Å². The highest BCUT2D eigenvalue weighted by atomic mass is 19.3. The molecule has 33 heavy (non-hydrogen) atoms. The van der Waals surface area contributed by atoms with Crippen LogP contribution in [0.5, 0.6) is 0 Å². The molecule has 5 N–H and O–H groups in total. The Bertz CT molecular complexity index is 876. The summed E-state index contributed by atoms with van der Waals surface area (Å²) in [5.74, 6) is -6.13. The SMILES string of the molecule is CC(C)(C)c1ccc(NC(=O)C(NC(=O)[C@H](CN)CC=O)C2(O)CCC(F)(F)CC2)cc1F. The molecule has 0 radical (unpaired) electrons. The van der Waals surface area contributed by atoms with E-state index in [2.05, 4.69) is 10.6 Å². The summed E-state index contributed by atoms with van der Waals surface area (Å²) in [5.41, 5.74) is 3.61. The maximum Gasteiger partial charge on any atom is 0.249 e. The van der Waals surface area contributed by atoms with E-state index in [1.165, 1.54) is 12.1 Å². The van der Waals surface area contributed by atoms with Crippen molar-refractivity contribution >= 4 is 23.8 Å². The van der Waals surface area contributed by atoms with Gasteiger partial charge in [-0.1, -0.05) is 26.8 Å². The normalized spacial score (nSPS) is 19.3. The number of rotatable bonds is 8. The lowest BCUT2D eigenvalue weighted by Gasteiger charge is -2.41. The largest absolute Gasteiger partial charge is 0.387 e. The fourth-order valence-electron chi connectivity index (χ4n) is 3.88. The second-order valence-corrected chi connectivity index (χ2v) is 9.67. The van der Waals surface area contributed by atoms with Crippen LogP contribution in [0.4, 0.5) is 18.9 Å². The van der Waals surface area contributed by atoms with Gasteiger partial charge in [-0.15, -0.1) is 0 Å². The lowest BCUT2D eigenvalue weighted by atomic mass is 9.77. The monoisotopic (exact) mass is 471 g/mol. The second-order valence-electron chi connectivity index (χ2n) is 9.67. The number of amides is 2. The van der Waals surface area contributed by atoms with Crippen molar-refractivity contribution in [3.8, 4) is 0 Å². The van der Waals surface area contributed by atoms with E-state index in [9.17, 15) is 32.7 Å². The van der Waals surface area contributed by atoms with E-state index in [0.29, 0.717) is 11.8 Å². The minimum atomic E-state index is -2.99. The number of carbonyl (C=O) groups excluding carboxylic acids is 3. The minimum absolute atomic E-state index is 0.0813. The average Bonchev–Trinajstić information content (AvgIpc) is 2.71. The Morgan fingerprint density at radius 1 is 1.18 bits per heavy atom. The summed E-state index contributed by atoms with van der Waals surface area (Å²) >= 11 is 0. The Labute approximate surface area is 191 Å². The first kappa shape index (κ1) is 26.8. The Morgan fingerprint density at radius 3 is 2.27 bits per heavy atom. The van der Waals surface area contributed by atoms with E-state index >= 15 is 0 Å². The van der Waals surface area contributed by atoms with Crippen molar-refractivity contribution in [1.29, 1.82) is 0 Å². The number of benzene rings is 1. The molecule has 184 valence electrons. The summed E-state index contributed by atoms with van der Waals surface area (Å²) in [6.07, 6.45) is -1.89. The summed E-state index contributed by atoms with van der Waals surface area (Å²) in [7, 11) is 0. The molecule has 0 bridgehead atoms. The van der Waals surface area contributed by atoms with Gasteiger partial charge in [-0.3, -0.25) is 9.59 Å². The zero-order valence-electron chi connectivity index (χ0n) is 19.1. The van der Waals surface area contributed by atoms with E-state index in [-0.39, 0.29) is 18.7 Å². The van der Waals surface area contributed by atoms with Crippen molar-refractivity contribution < 1.29 is 32.7 Å². The molecule has 0 aromatic heterocycles. The molecular weight excluding hydrogens is 439 g/mol. The van der Waals surface area contributed by atoms with Gasteiger partial charge in [-0.25, -0.2) is 13.2 Å². The number of aldehydes is 1. The minimum Gasteiger partial charge on any atom is -0.387 e. The topological polar surface area (TPSA) is 122 Å². The molecule has 1 aromatic carbocycles. The quantitative estimate of drug-likeness (QED) is 0.435. The zero-order valence-corrected chi connectivity index (χ0v) is 19.1. The second kappa shape index (κ2) is 10.2. The van der Waals surface area contributed by atoms with E-state index < -0.39 is 72.2 Å². The third-order valence-electron chi connectivity index (χ3n) is 6.01. The summed E-state index contributed by atoms with van der Waals surface area (Å²) in [6.45, 7) is 5.30. The molecule has 0 aliphatic heterocycles. The standard InChI is InChI=1S/C23H32F3N3O4/c1-21(2,3)16-5-4-15(12-17(16)24)28-20(32)18(29-19(31)14(13-27)6-11-30)22(33)7-9-23(25,26)10-8-22/h4-5,11-12,14,18,33H,6-10,13,27H2,1-3H3,(H,28,32)(H,29,31)/t14-,18?/m0/s1. The van der Waals surface area contributed by atoms with Crippen LogP contribution in [0.2, 0.25) is 0 Å². The molecule has 1 aromatic rings. The number of halogens is 3. The molecule has 2 rings (SSSR count). The summed E-state index contributed by atoms with van der Waals surface area (Å²) < 4.78 is 41.9. The number of hydrogen-bond donors (Lipinski definition) is 4. The fraction of sp³-hybridized carbons (Fsp3) is 0.609. The number of aliphatic hydroxyl groups is 1. The van der Waals surface area contributed by atoms with Gasteiger partial charge in [0.15, 0.2) is 0 Å². The molecule has 7 nitrogen and oxygen atoms in total. The first-order chi connectivity index (χ1) is 15.2. The van der Waals surface area contributed by atoms with Gasteiger partial charge in [0.1, 0.15) is 18.1 Å². The molecule has 10 heteroatoms. The van der Waals surface area contributed by atoms with E-state index in [1.807, 2.05) is 20.8 Å². The van der Waals surface area contributed by atoms with Crippen LogP contribution in [-0.4, -0.2) is 47.3 Å². The molecule has 1 aliphatic carbocycles. The number of nitrogens with one attached hydrogen (secondary N) is 2. The van der Waals surface area contributed by atoms with Crippen LogP contribution in [-0.2, 0) is 19.8 Å². The van der Waals surface area contributed by atoms with Crippen LogP contribution in [0.3, 0.4) is 0 Å². The van der Waals surface area contributed by atoms with E-state index in [1.54, 1.807) is 0 Å². The Morgan fingerprint density at radius 2 is 1.79 bits per heavy atom. The molecule has 2 atom stereocenters. The molecule has 1 saturated carbocycles. The smallest absolute Gasteiger partial charge is 0.249 e. The lowest BCUT2D eigenvalue weighted by Crippen LogP contribution is -2.61. The predicted octanol–water partition coefficient (Wildman–Crippen LogP) is 2.65. The molecule has 0 spiro atoms. The van der Waals surface area contributed by atoms with Crippen molar-refractivity contribution in [3.63, 3.8) is 0 Å². The van der Waals surface area contributed by atoms with Gasteiger partial charge in [-0.2, -0.15) is 0 Å². The highest BCUT2D eigenvalue weighted by molar-refractivity contribution is 5.98. The third kappa shape index (κ3) is 6.77. The Kier molecular flexibility index (Phi) is 8.29. The van der Waals surface area contributed by atoms with Gasteiger partial charge >= 0.3 is 0 Å². The van der Waals surface area contributed by atoms with Crippen LogP contribution in [0.1, 0.15) is 58.4 Å². The number of carbonyl (C=O) groups is 3. The van der Waals surface area contributed by atoms with Crippen LogP contribution in [0.15, 0.2) is 18.2 Å². The fourth-order valence-corrected chi connectivity index (χ4v) is 3.88. The first-order valence-electron chi connectivity index (χ1n) is 10.9. The van der Waals surface area contributed by atoms with Crippen molar-refractivity contribution in [2.75, 3.05) is 11.9 Å². The molecule has 0 saturated heterocycles. The molecule has 0 heterocycles. The summed E-state index contributed by atoms with van der Waals surface area (Å²) in [4.78, 5) is 36.5. The predicted molar refractivity (Wildman–Crippen MR) is 117 cm³/mol. The van der Waals surface area contributed by atoms with Gasteiger partial charge in [0.2, 0.25) is 17.7 Å². The van der Waals surface area contributed by atoms with Crippen LogP contribution < -0.4 is 16.4 Å². The van der Waals surface area contributed by atoms with E-state index in [0.717, 1.165) is 6.07 Å². The molecule has 1 aliphatic rings. The van der Waals surface area contributed by atoms with Crippen LogP contribution in [0, 0.1) is 11.7 Å². The molecule has 1 unspecified atom stereocenters. The maximum absolute atomic E-state index is 14.6. The lowest BCUT2D eigenvalue weighted by molar-refractivity contribution is -0.146. The number of alkyl halides is 2. The molecular formula is C23H32F3N3O4. The van der Waals surface area contributed by atoms with Crippen LogP contribution >= 0.6 is 0 Å². The van der Waals surface area contributed by atoms with E-state index in [4.69, 9.17) is 5.73 Å². The number of nitrogens with two attached hydrogens (primary N) is 1. The Hall–Kier alpha value is -2.46. The highest BCUT2D eigenvalue weighted by Gasteiger charge is 2.50. The van der Waals surface area contributed by atoms with Crippen LogP contribution in [0.25, 0.3) is 0 Å². The molecule has 2 amide bonds. The summed E-state index contributed by atoms with van der Waals surface area (Å²) in [6, 6.07) is 2.51. The third-order valence-corrected chi connectivity index (χ3v) is 6.01. The molecule has 1 fully saturated rings. The van der Waals surface area contributed by atoms with Gasteiger partial charge in [0, 0.05) is 31.5 Å². The average molecular weight is 472 g/mol. The maximum atomic E-state index is 14.6.